The quantitative estimate of drug-likeness (QED) is 0.191. The third-order valence-corrected chi connectivity index (χ3v) is 6.45. The SMILES string of the molecule is CC(C)(C)N1OC1c1ccc(C(=O)OCCCCCCOC(=O)c2ccc(C3ON3C(C)(C)C)cc2)cc1. The van der Waals surface area contributed by atoms with Crippen molar-refractivity contribution in [3.63, 3.8) is 0 Å². The van der Waals surface area contributed by atoms with Crippen LogP contribution in [-0.2, 0) is 19.1 Å². The van der Waals surface area contributed by atoms with Crippen molar-refractivity contribution in [2.24, 2.45) is 0 Å². The summed E-state index contributed by atoms with van der Waals surface area (Å²) in [4.78, 5) is 35.9. The van der Waals surface area contributed by atoms with Crippen LogP contribution in [0.4, 0.5) is 0 Å². The zero-order chi connectivity index (χ0) is 27.5. The Bertz CT molecular complexity index is 1010. The highest BCUT2D eigenvalue weighted by Gasteiger charge is 2.46. The minimum absolute atomic E-state index is 0.0535. The van der Waals surface area contributed by atoms with Crippen molar-refractivity contribution in [3.8, 4) is 0 Å². The molecule has 0 aliphatic carbocycles. The van der Waals surface area contributed by atoms with Crippen molar-refractivity contribution in [2.75, 3.05) is 13.2 Å². The number of carbonyl (C=O) groups is 2. The smallest absolute Gasteiger partial charge is 0.338 e. The van der Waals surface area contributed by atoms with E-state index in [1.165, 1.54) is 0 Å². The Balaban J connectivity index is 1.05. The number of carbonyl (C=O) groups excluding carboxylic acids is 2. The summed E-state index contributed by atoms with van der Waals surface area (Å²) in [5.41, 5.74) is 3.00. The Morgan fingerprint density at radius 2 is 0.974 bits per heavy atom. The van der Waals surface area contributed by atoms with E-state index in [4.69, 9.17) is 19.1 Å². The number of rotatable bonds is 11. The highest BCUT2D eigenvalue weighted by molar-refractivity contribution is 5.89. The standard InChI is InChI=1S/C30H40N2O6/c1-29(2,3)31-25(37-31)21-11-15-23(16-12-21)27(33)35-19-9-7-8-10-20-36-28(34)24-17-13-22(14-18-24)26-32(38-26)30(4,5)6/h11-18,25-26H,7-10,19-20H2,1-6H3. The van der Waals surface area contributed by atoms with Crippen LogP contribution in [0.25, 0.3) is 0 Å². The van der Waals surface area contributed by atoms with Crippen molar-refractivity contribution < 1.29 is 28.7 Å². The minimum atomic E-state index is -0.319. The maximum Gasteiger partial charge on any atom is 0.338 e. The summed E-state index contributed by atoms with van der Waals surface area (Å²) < 4.78 is 10.8. The van der Waals surface area contributed by atoms with Gasteiger partial charge < -0.3 is 9.47 Å². The number of unbranched alkanes of at least 4 members (excludes halogenated alkanes) is 3. The van der Waals surface area contributed by atoms with E-state index in [1.54, 1.807) is 24.3 Å². The van der Waals surface area contributed by atoms with E-state index in [9.17, 15) is 9.59 Å². The summed E-state index contributed by atoms with van der Waals surface area (Å²) in [7, 11) is 0. The number of hydrogen-bond donors (Lipinski definition) is 0. The lowest BCUT2D eigenvalue weighted by Gasteiger charge is -2.16. The molecule has 2 saturated heterocycles. The van der Waals surface area contributed by atoms with Gasteiger partial charge in [0.2, 0.25) is 0 Å². The molecule has 0 N–H and O–H groups in total. The van der Waals surface area contributed by atoms with Gasteiger partial charge in [0.15, 0.2) is 12.5 Å². The van der Waals surface area contributed by atoms with Crippen molar-refractivity contribution in [1.82, 2.24) is 10.1 Å². The molecule has 206 valence electrons. The van der Waals surface area contributed by atoms with Gasteiger partial charge in [-0.25, -0.2) is 9.59 Å². The van der Waals surface area contributed by atoms with Crippen LogP contribution >= 0.6 is 0 Å². The first-order chi connectivity index (χ1) is 17.9. The van der Waals surface area contributed by atoms with Gasteiger partial charge in [-0.3, -0.25) is 9.68 Å². The maximum atomic E-state index is 12.3. The third-order valence-electron chi connectivity index (χ3n) is 6.45. The number of hydrogen-bond acceptors (Lipinski definition) is 8. The van der Waals surface area contributed by atoms with Crippen LogP contribution in [0.15, 0.2) is 48.5 Å². The normalized spacial score (nSPS) is 22.6. The molecule has 8 nitrogen and oxygen atoms in total. The Morgan fingerprint density at radius 3 is 1.26 bits per heavy atom. The van der Waals surface area contributed by atoms with Gasteiger partial charge in [-0.15, -0.1) is 10.1 Å². The summed E-state index contributed by atoms with van der Waals surface area (Å²) in [6, 6.07) is 14.8. The number of nitrogens with zero attached hydrogens (tertiary/aromatic N) is 2. The number of ether oxygens (including phenoxy) is 2. The van der Waals surface area contributed by atoms with Gasteiger partial charge in [0.25, 0.3) is 0 Å². The Hall–Kier alpha value is -2.78. The van der Waals surface area contributed by atoms with Gasteiger partial charge in [0.05, 0.1) is 24.3 Å². The Labute approximate surface area is 225 Å². The average molecular weight is 525 g/mol. The molecule has 2 aromatic rings. The van der Waals surface area contributed by atoms with Gasteiger partial charge in [-0.05, 0) is 103 Å². The van der Waals surface area contributed by atoms with Crippen LogP contribution in [0.1, 0.15) is 112 Å². The molecule has 0 amide bonds. The van der Waals surface area contributed by atoms with E-state index in [-0.39, 0.29) is 35.5 Å². The first-order valence-electron chi connectivity index (χ1n) is 13.4. The second kappa shape index (κ2) is 11.5. The lowest BCUT2D eigenvalue weighted by Crippen LogP contribution is -2.25. The molecule has 0 saturated carbocycles. The number of hydroxylamine groups is 4. The molecule has 38 heavy (non-hydrogen) atoms. The van der Waals surface area contributed by atoms with E-state index < -0.39 is 0 Å². The Kier molecular flexibility index (Phi) is 8.57. The lowest BCUT2D eigenvalue weighted by atomic mass is 10.1. The minimum Gasteiger partial charge on any atom is -0.462 e. The van der Waals surface area contributed by atoms with Crippen LogP contribution in [-0.4, -0.2) is 46.4 Å². The molecule has 4 unspecified atom stereocenters. The van der Waals surface area contributed by atoms with E-state index in [0.717, 1.165) is 36.8 Å². The molecule has 2 fully saturated rings. The molecule has 4 atom stereocenters. The van der Waals surface area contributed by atoms with Crippen LogP contribution in [0, 0.1) is 0 Å². The fourth-order valence-electron chi connectivity index (χ4n) is 4.19. The molecule has 2 aliphatic rings. The molecule has 0 spiro atoms. The molecule has 2 heterocycles. The first-order valence-corrected chi connectivity index (χ1v) is 13.4. The summed E-state index contributed by atoms with van der Waals surface area (Å²) in [5, 5.41) is 3.87. The largest absolute Gasteiger partial charge is 0.462 e. The number of benzene rings is 2. The molecule has 2 aliphatic heterocycles. The molecule has 8 heteroatoms. The van der Waals surface area contributed by atoms with Crippen LogP contribution in [0.5, 0.6) is 0 Å². The highest BCUT2D eigenvalue weighted by atomic mass is 16.8. The summed E-state index contributed by atoms with van der Waals surface area (Å²) in [6.07, 6.45) is 3.22. The van der Waals surface area contributed by atoms with Crippen LogP contribution < -0.4 is 0 Å². The second-order valence-corrected chi connectivity index (χ2v) is 11.8. The predicted molar refractivity (Wildman–Crippen MR) is 143 cm³/mol. The second-order valence-electron chi connectivity index (χ2n) is 11.8. The number of esters is 2. The van der Waals surface area contributed by atoms with Gasteiger partial charge in [0, 0.05) is 11.1 Å². The molecular formula is C30H40N2O6. The third kappa shape index (κ3) is 7.41. The first kappa shape index (κ1) is 28.2. The van der Waals surface area contributed by atoms with Crippen LogP contribution in [0.2, 0.25) is 0 Å². The van der Waals surface area contributed by atoms with E-state index >= 15 is 0 Å². The predicted octanol–water partition coefficient (Wildman–Crippen LogP) is 6.35. The van der Waals surface area contributed by atoms with Crippen molar-refractivity contribution >= 4 is 11.9 Å². The van der Waals surface area contributed by atoms with Crippen LogP contribution in [0.3, 0.4) is 0 Å². The van der Waals surface area contributed by atoms with Gasteiger partial charge in [0.1, 0.15) is 0 Å². The maximum absolute atomic E-state index is 12.3. The van der Waals surface area contributed by atoms with Crippen molar-refractivity contribution in [2.45, 2.75) is 90.8 Å². The van der Waals surface area contributed by atoms with E-state index in [0.29, 0.717) is 24.3 Å². The van der Waals surface area contributed by atoms with Gasteiger partial charge in [-0.1, -0.05) is 24.3 Å². The van der Waals surface area contributed by atoms with Crippen molar-refractivity contribution in [1.29, 1.82) is 0 Å². The zero-order valence-corrected chi connectivity index (χ0v) is 23.4. The topological polar surface area (TPSA) is 83.7 Å². The summed E-state index contributed by atoms with van der Waals surface area (Å²) in [5.74, 6) is -0.638. The summed E-state index contributed by atoms with van der Waals surface area (Å²) >= 11 is 0. The Morgan fingerprint density at radius 1 is 0.632 bits per heavy atom. The highest BCUT2D eigenvalue weighted by Crippen LogP contribution is 2.44. The fourth-order valence-corrected chi connectivity index (χ4v) is 4.19. The molecule has 0 aromatic heterocycles. The van der Waals surface area contributed by atoms with E-state index in [2.05, 4.69) is 41.5 Å². The average Bonchev–Trinajstić information content (AvgIpc) is 3.78. The summed E-state index contributed by atoms with van der Waals surface area (Å²) in [6.45, 7) is 13.3. The van der Waals surface area contributed by atoms with E-state index in [1.807, 2.05) is 34.4 Å². The molecule has 0 bridgehead atoms. The monoisotopic (exact) mass is 524 g/mol. The zero-order valence-electron chi connectivity index (χ0n) is 23.4. The molecule has 0 radical (unpaired) electrons. The molecule has 2 aromatic carbocycles. The molecule has 4 rings (SSSR count). The molecular weight excluding hydrogens is 484 g/mol. The van der Waals surface area contributed by atoms with Gasteiger partial charge in [-0.2, -0.15) is 0 Å². The van der Waals surface area contributed by atoms with Crippen molar-refractivity contribution in [3.05, 3.63) is 70.8 Å². The van der Waals surface area contributed by atoms with Gasteiger partial charge >= 0.3 is 11.9 Å². The fraction of sp³-hybridized carbons (Fsp3) is 0.533. The lowest BCUT2D eigenvalue weighted by molar-refractivity contribution is 0.0473.